The molecule has 0 saturated carbocycles. The summed E-state index contributed by atoms with van der Waals surface area (Å²) in [5.41, 5.74) is 0. The van der Waals surface area contributed by atoms with Gasteiger partial charge in [0.1, 0.15) is 0 Å². The summed E-state index contributed by atoms with van der Waals surface area (Å²) < 4.78 is 5.47. The zero-order valence-electron chi connectivity index (χ0n) is 43.5. The number of aliphatic hydroxyl groups excluding tert-OH is 2. The molecule has 0 saturated heterocycles. The van der Waals surface area contributed by atoms with Crippen LogP contribution in [0, 0.1) is 0 Å². The number of esters is 1. The molecule has 0 radical (unpaired) electrons. The summed E-state index contributed by atoms with van der Waals surface area (Å²) >= 11 is 0. The van der Waals surface area contributed by atoms with Gasteiger partial charge in [-0.15, -0.1) is 0 Å². The average molecular weight is 907 g/mol. The minimum Gasteiger partial charge on any atom is -0.466 e. The molecule has 64 heavy (non-hydrogen) atoms. The van der Waals surface area contributed by atoms with Crippen molar-refractivity contribution in [2.24, 2.45) is 0 Å². The summed E-state index contributed by atoms with van der Waals surface area (Å²) in [5, 5.41) is 23.2. The molecule has 3 N–H and O–H groups in total. The van der Waals surface area contributed by atoms with E-state index in [-0.39, 0.29) is 18.5 Å². The maximum Gasteiger partial charge on any atom is 0.305 e. The zero-order valence-corrected chi connectivity index (χ0v) is 43.5. The number of hydrogen-bond donors (Lipinski definition) is 3. The molecule has 0 aromatic rings. The van der Waals surface area contributed by atoms with Crippen molar-refractivity contribution in [1.82, 2.24) is 5.32 Å². The van der Waals surface area contributed by atoms with E-state index in [2.05, 4.69) is 19.2 Å². The van der Waals surface area contributed by atoms with Crippen LogP contribution in [0.15, 0.2) is 0 Å². The molecule has 0 aromatic carbocycles. The van der Waals surface area contributed by atoms with Crippen molar-refractivity contribution in [3.8, 4) is 0 Å². The van der Waals surface area contributed by atoms with Crippen LogP contribution in [0.25, 0.3) is 0 Å². The lowest BCUT2D eigenvalue weighted by Crippen LogP contribution is -2.45. The van der Waals surface area contributed by atoms with E-state index >= 15 is 0 Å². The van der Waals surface area contributed by atoms with Crippen LogP contribution in [0.1, 0.15) is 335 Å². The largest absolute Gasteiger partial charge is 0.466 e. The Morgan fingerprint density at radius 3 is 0.953 bits per heavy atom. The number of hydrogen-bond acceptors (Lipinski definition) is 5. The van der Waals surface area contributed by atoms with Gasteiger partial charge in [0.15, 0.2) is 0 Å². The van der Waals surface area contributed by atoms with E-state index in [1.165, 1.54) is 263 Å². The van der Waals surface area contributed by atoms with Gasteiger partial charge in [-0.1, -0.05) is 296 Å². The molecule has 0 aromatic heterocycles. The van der Waals surface area contributed by atoms with Crippen LogP contribution in [0.2, 0.25) is 0 Å². The first kappa shape index (κ1) is 62.9. The monoisotopic (exact) mass is 906 g/mol. The number of unbranched alkanes of at least 4 members (excludes halogenated alkanes) is 44. The highest BCUT2D eigenvalue weighted by atomic mass is 16.5. The Balaban J connectivity index is 3.33. The van der Waals surface area contributed by atoms with Crippen molar-refractivity contribution in [2.75, 3.05) is 13.2 Å². The third kappa shape index (κ3) is 50.3. The lowest BCUT2D eigenvalue weighted by atomic mass is 10.0. The quantitative estimate of drug-likeness (QED) is 0.0417. The van der Waals surface area contributed by atoms with E-state index in [4.69, 9.17) is 4.74 Å². The maximum atomic E-state index is 12.4. The van der Waals surface area contributed by atoms with Gasteiger partial charge in [-0.3, -0.25) is 9.59 Å². The molecule has 382 valence electrons. The molecule has 2 atom stereocenters. The van der Waals surface area contributed by atoms with Crippen LogP contribution in [0.5, 0.6) is 0 Å². The second kappa shape index (κ2) is 54.5. The Bertz CT molecular complexity index is 913. The number of ether oxygens (including phenoxy) is 1. The predicted octanol–water partition coefficient (Wildman–Crippen LogP) is 17.9. The molecule has 0 aliphatic rings. The average Bonchev–Trinajstić information content (AvgIpc) is 3.29. The minimum atomic E-state index is -0.660. The van der Waals surface area contributed by atoms with Crippen molar-refractivity contribution in [2.45, 2.75) is 347 Å². The Hall–Kier alpha value is -1.14. The van der Waals surface area contributed by atoms with Gasteiger partial charge in [-0.2, -0.15) is 0 Å². The van der Waals surface area contributed by atoms with Gasteiger partial charge in [0.05, 0.1) is 25.4 Å². The molecular formula is C58H115NO5. The third-order valence-electron chi connectivity index (χ3n) is 13.9. The smallest absolute Gasteiger partial charge is 0.305 e. The first-order valence-electron chi connectivity index (χ1n) is 29.3. The number of carbonyl (C=O) groups excluding carboxylic acids is 2. The Kier molecular flexibility index (Phi) is 53.5. The van der Waals surface area contributed by atoms with Gasteiger partial charge in [0.25, 0.3) is 0 Å². The maximum absolute atomic E-state index is 12.4. The predicted molar refractivity (Wildman–Crippen MR) is 278 cm³/mol. The molecule has 0 aliphatic carbocycles. The van der Waals surface area contributed by atoms with Crippen LogP contribution in [0.4, 0.5) is 0 Å². The normalized spacial score (nSPS) is 12.5. The summed E-state index contributed by atoms with van der Waals surface area (Å²) in [4.78, 5) is 24.4. The standard InChI is InChI=1S/C58H115NO5/c1-3-5-7-9-11-13-30-34-38-42-46-50-56(61)55(54-60)59-57(62)51-47-43-39-35-32-28-26-24-22-20-18-16-15-17-19-21-23-25-27-29-33-37-41-45-49-53-64-58(63)52-48-44-40-36-31-14-12-10-8-6-4-2/h55-56,60-61H,3-54H2,1-2H3,(H,59,62). The molecular weight excluding hydrogens is 791 g/mol. The summed E-state index contributed by atoms with van der Waals surface area (Å²) in [6.07, 6.45) is 62.5. The van der Waals surface area contributed by atoms with Gasteiger partial charge >= 0.3 is 5.97 Å². The van der Waals surface area contributed by atoms with Gasteiger partial charge in [0.2, 0.25) is 5.91 Å². The zero-order chi connectivity index (χ0) is 46.5. The molecule has 0 bridgehead atoms. The van der Waals surface area contributed by atoms with Crippen LogP contribution in [0.3, 0.4) is 0 Å². The molecule has 2 unspecified atom stereocenters. The molecule has 1 amide bonds. The Morgan fingerprint density at radius 1 is 0.375 bits per heavy atom. The second-order valence-corrected chi connectivity index (χ2v) is 20.3. The van der Waals surface area contributed by atoms with E-state index in [0.29, 0.717) is 25.9 Å². The van der Waals surface area contributed by atoms with E-state index in [1.807, 2.05) is 0 Å². The number of nitrogens with one attached hydrogen (secondary N) is 1. The van der Waals surface area contributed by atoms with Crippen molar-refractivity contribution in [3.05, 3.63) is 0 Å². The van der Waals surface area contributed by atoms with Crippen molar-refractivity contribution < 1.29 is 24.5 Å². The lowest BCUT2D eigenvalue weighted by molar-refractivity contribution is -0.143. The fourth-order valence-corrected chi connectivity index (χ4v) is 9.41. The topological polar surface area (TPSA) is 95.9 Å². The number of carbonyl (C=O) groups is 2. The van der Waals surface area contributed by atoms with Crippen LogP contribution in [-0.4, -0.2) is 47.4 Å². The van der Waals surface area contributed by atoms with Gasteiger partial charge in [-0.05, 0) is 25.7 Å². The Morgan fingerprint density at radius 2 is 0.641 bits per heavy atom. The molecule has 0 fully saturated rings. The fourth-order valence-electron chi connectivity index (χ4n) is 9.41. The fraction of sp³-hybridized carbons (Fsp3) is 0.966. The highest BCUT2D eigenvalue weighted by Crippen LogP contribution is 2.18. The van der Waals surface area contributed by atoms with Gasteiger partial charge in [0, 0.05) is 12.8 Å². The minimum absolute atomic E-state index is 0.0166. The third-order valence-corrected chi connectivity index (χ3v) is 13.9. The second-order valence-electron chi connectivity index (χ2n) is 20.3. The molecule has 0 aliphatic heterocycles. The van der Waals surface area contributed by atoms with Gasteiger partial charge in [-0.25, -0.2) is 0 Å². The van der Waals surface area contributed by atoms with Crippen LogP contribution in [-0.2, 0) is 14.3 Å². The van der Waals surface area contributed by atoms with E-state index in [9.17, 15) is 19.8 Å². The molecule has 0 rings (SSSR count). The van der Waals surface area contributed by atoms with E-state index in [1.54, 1.807) is 0 Å². The SMILES string of the molecule is CCCCCCCCCCCCCC(=O)OCCCCCCCCCCCCCCCCCCCCCCCCCCCC(=O)NC(CO)C(O)CCCCCCCCCCCCC. The lowest BCUT2D eigenvalue weighted by Gasteiger charge is -2.22. The summed E-state index contributed by atoms with van der Waals surface area (Å²) in [6, 6.07) is -0.537. The first-order chi connectivity index (χ1) is 31.5. The van der Waals surface area contributed by atoms with E-state index < -0.39 is 12.1 Å². The molecule has 0 spiro atoms. The Labute approximate surface area is 400 Å². The molecule has 0 heterocycles. The van der Waals surface area contributed by atoms with Gasteiger partial charge < -0.3 is 20.3 Å². The van der Waals surface area contributed by atoms with Crippen LogP contribution < -0.4 is 5.32 Å². The van der Waals surface area contributed by atoms with Crippen molar-refractivity contribution in [1.29, 1.82) is 0 Å². The first-order valence-corrected chi connectivity index (χ1v) is 29.3. The van der Waals surface area contributed by atoms with Crippen molar-refractivity contribution >= 4 is 11.9 Å². The summed E-state index contributed by atoms with van der Waals surface area (Å²) in [7, 11) is 0. The summed E-state index contributed by atoms with van der Waals surface area (Å²) in [5.74, 6) is -0.0158. The molecule has 6 heteroatoms. The van der Waals surface area contributed by atoms with E-state index in [0.717, 1.165) is 38.5 Å². The number of aliphatic hydroxyl groups is 2. The highest BCUT2D eigenvalue weighted by molar-refractivity contribution is 5.76. The summed E-state index contributed by atoms with van der Waals surface area (Å²) in [6.45, 7) is 4.96. The highest BCUT2D eigenvalue weighted by Gasteiger charge is 2.20. The molecule has 6 nitrogen and oxygen atoms in total. The number of rotatable bonds is 55. The van der Waals surface area contributed by atoms with Crippen molar-refractivity contribution in [3.63, 3.8) is 0 Å². The van der Waals surface area contributed by atoms with Crippen LogP contribution >= 0.6 is 0 Å². The number of amides is 1.